The van der Waals surface area contributed by atoms with Crippen LogP contribution in [0.2, 0.25) is 0 Å². The van der Waals surface area contributed by atoms with E-state index in [4.69, 9.17) is 5.73 Å². The van der Waals surface area contributed by atoms with E-state index in [-0.39, 0.29) is 11.8 Å². The highest BCUT2D eigenvalue weighted by Crippen LogP contribution is 2.33. The zero-order chi connectivity index (χ0) is 10.1. The number of ketones is 1. The van der Waals surface area contributed by atoms with Crippen molar-refractivity contribution in [1.82, 2.24) is 15.0 Å². The lowest BCUT2D eigenvalue weighted by Gasteiger charge is -2.08. The van der Waals surface area contributed by atoms with E-state index >= 15 is 0 Å². The Morgan fingerprint density at radius 3 is 3.00 bits per heavy atom. The largest absolute Gasteiger partial charge is 0.327 e. The van der Waals surface area contributed by atoms with Crippen LogP contribution in [0.1, 0.15) is 29.8 Å². The Kier molecular flexibility index (Phi) is 2.33. The maximum atomic E-state index is 11.7. The molecule has 1 fully saturated rings. The van der Waals surface area contributed by atoms with Crippen molar-refractivity contribution in [3.05, 3.63) is 11.9 Å². The third-order valence-corrected chi connectivity index (χ3v) is 2.65. The minimum Gasteiger partial charge on any atom is -0.327 e. The van der Waals surface area contributed by atoms with E-state index in [0.29, 0.717) is 18.0 Å². The molecular weight excluding hydrogens is 180 g/mol. The van der Waals surface area contributed by atoms with Crippen LogP contribution in [0, 0.1) is 5.92 Å². The highest BCUT2D eigenvalue weighted by Gasteiger charge is 2.30. The molecule has 2 N–H and O–H groups in total. The van der Waals surface area contributed by atoms with Gasteiger partial charge in [0.15, 0.2) is 5.78 Å². The monoisotopic (exact) mass is 194 g/mol. The first-order valence-corrected chi connectivity index (χ1v) is 4.82. The highest BCUT2D eigenvalue weighted by molar-refractivity contribution is 5.94. The fourth-order valence-electron chi connectivity index (χ4n) is 1.55. The normalized spacial score (nSPS) is 18.1. The average Bonchev–Trinajstić information content (AvgIpc) is 2.89. The van der Waals surface area contributed by atoms with Gasteiger partial charge in [0.05, 0.1) is 6.20 Å². The van der Waals surface area contributed by atoms with Gasteiger partial charge >= 0.3 is 0 Å². The fraction of sp³-hybridized carbons (Fsp3) is 0.667. The van der Waals surface area contributed by atoms with Crippen LogP contribution >= 0.6 is 0 Å². The Balaban J connectivity index is 1.98. The van der Waals surface area contributed by atoms with Crippen LogP contribution in [0.3, 0.4) is 0 Å². The summed E-state index contributed by atoms with van der Waals surface area (Å²) in [5.41, 5.74) is 6.41. The lowest BCUT2D eigenvalue weighted by atomic mass is 10.1. The number of nitrogens with zero attached hydrogens (tertiary/aromatic N) is 3. The Morgan fingerprint density at radius 1 is 1.79 bits per heavy atom. The molecule has 1 atom stereocenters. The van der Waals surface area contributed by atoms with Crippen LogP contribution in [0.5, 0.6) is 0 Å². The molecular formula is C9H14N4O. The topological polar surface area (TPSA) is 73.8 Å². The summed E-state index contributed by atoms with van der Waals surface area (Å²) in [6, 6.07) is 0.0115. The molecule has 1 aliphatic carbocycles. The van der Waals surface area contributed by atoms with Crippen LogP contribution in [-0.2, 0) is 7.05 Å². The number of hydrogen-bond donors (Lipinski definition) is 1. The maximum Gasteiger partial charge on any atom is 0.184 e. The number of nitrogens with two attached hydrogens (primary N) is 1. The molecule has 0 spiro atoms. The number of aromatic nitrogens is 3. The number of Topliss-reactive ketones (excluding diaryl/α,β-unsaturated/α-hetero) is 1. The Hall–Kier alpha value is -1.23. The SMILES string of the molecule is Cn1nncc1C(=O)CC(N)C1CC1. The minimum atomic E-state index is 0.0115. The smallest absolute Gasteiger partial charge is 0.184 e. The van der Waals surface area contributed by atoms with Crippen molar-refractivity contribution in [2.45, 2.75) is 25.3 Å². The van der Waals surface area contributed by atoms with Gasteiger partial charge in [-0.15, -0.1) is 5.10 Å². The summed E-state index contributed by atoms with van der Waals surface area (Å²) in [5, 5.41) is 7.37. The second kappa shape index (κ2) is 3.49. The van der Waals surface area contributed by atoms with Crippen LogP contribution in [0.15, 0.2) is 6.20 Å². The summed E-state index contributed by atoms with van der Waals surface area (Å²) < 4.78 is 1.49. The lowest BCUT2D eigenvalue weighted by molar-refractivity contribution is 0.0962. The van der Waals surface area contributed by atoms with Gasteiger partial charge < -0.3 is 5.73 Å². The summed E-state index contributed by atoms with van der Waals surface area (Å²) in [6.45, 7) is 0. The molecule has 1 aromatic heterocycles. The van der Waals surface area contributed by atoms with Crippen LogP contribution in [-0.4, -0.2) is 26.8 Å². The van der Waals surface area contributed by atoms with E-state index in [0.717, 1.165) is 12.8 Å². The molecule has 2 rings (SSSR count). The molecule has 1 heterocycles. The number of aryl methyl sites for hydroxylation is 1. The molecule has 0 amide bonds. The molecule has 14 heavy (non-hydrogen) atoms. The van der Waals surface area contributed by atoms with Crippen molar-refractivity contribution in [3.63, 3.8) is 0 Å². The van der Waals surface area contributed by atoms with E-state index in [1.165, 1.54) is 10.9 Å². The van der Waals surface area contributed by atoms with Crippen LogP contribution in [0.25, 0.3) is 0 Å². The first kappa shape index (κ1) is 9.33. The molecule has 0 aromatic carbocycles. The second-order valence-corrected chi connectivity index (χ2v) is 3.87. The molecule has 1 saturated carbocycles. The third-order valence-electron chi connectivity index (χ3n) is 2.65. The van der Waals surface area contributed by atoms with Gasteiger partial charge in [0.1, 0.15) is 5.69 Å². The van der Waals surface area contributed by atoms with E-state index < -0.39 is 0 Å². The number of carbonyl (C=O) groups is 1. The third kappa shape index (κ3) is 1.82. The van der Waals surface area contributed by atoms with Gasteiger partial charge in [0.2, 0.25) is 0 Å². The predicted molar refractivity (Wildman–Crippen MR) is 50.6 cm³/mol. The van der Waals surface area contributed by atoms with Gasteiger partial charge in [-0.25, -0.2) is 4.68 Å². The van der Waals surface area contributed by atoms with Crippen LogP contribution in [0.4, 0.5) is 0 Å². The molecule has 5 heteroatoms. The standard InChI is InChI=1S/C9H14N4O/c1-13-8(5-11-12-13)9(14)4-7(10)6-2-3-6/h5-7H,2-4,10H2,1H3. The Bertz CT molecular complexity index is 342. The summed E-state index contributed by atoms with van der Waals surface area (Å²) >= 11 is 0. The van der Waals surface area contributed by atoms with E-state index in [2.05, 4.69) is 10.3 Å². The van der Waals surface area contributed by atoms with Gasteiger partial charge in [-0.2, -0.15) is 0 Å². The van der Waals surface area contributed by atoms with Crippen molar-refractivity contribution in [2.24, 2.45) is 18.7 Å². The molecule has 0 bridgehead atoms. The molecule has 1 aromatic rings. The van der Waals surface area contributed by atoms with E-state index in [1.54, 1.807) is 7.05 Å². The molecule has 5 nitrogen and oxygen atoms in total. The molecule has 0 aliphatic heterocycles. The highest BCUT2D eigenvalue weighted by atomic mass is 16.1. The minimum absolute atomic E-state index is 0.0115. The lowest BCUT2D eigenvalue weighted by Crippen LogP contribution is -2.26. The summed E-state index contributed by atoms with van der Waals surface area (Å²) in [7, 11) is 1.71. The van der Waals surface area contributed by atoms with Gasteiger partial charge in [0.25, 0.3) is 0 Å². The van der Waals surface area contributed by atoms with Crippen molar-refractivity contribution >= 4 is 5.78 Å². The Labute approximate surface area is 82.3 Å². The molecule has 1 aliphatic rings. The van der Waals surface area contributed by atoms with E-state index in [1.807, 2.05) is 0 Å². The van der Waals surface area contributed by atoms with E-state index in [9.17, 15) is 4.79 Å². The average molecular weight is 194 g/mol. The summed E-state index contributed by atoms with van der Waals surface area (Å²) in [6.07, 6.45) is 4.23. The number of rotatable bonds is 4. The number of carbonyl (C=O) groups excluding carboxylic acids is 1. The summed E-state index contributed by atoms with van der Waals surface area (Å²) in [4.78, 5) is 11.7. The van der Waals surface area contributed by atoms with Gasteiger partial charge in [-0.3, -0.25) is 4.79 Å². The quantitative estimate of drug-likeness (QED) is 0.691. The van der Waals surface area contributed by atoms with Crippen molar-refractivity contribution < 1.29 is 4.79 Å². The molecule has 0 radical (unpaired) electrons. The van der Waals surface area contributed by atoms with Crippen molar-refractivity contribution in [1.29, 1.82) is 0 Å². The van der Waals surface area contributed by atoms with Gasteiger partial charge in [-0.05, 0) is 18.8 Å². The maximum absolute atomic E-state index is 11.7. The molecule has 1 unspecified atom stereocenters. The molecule has 76 valence electrons. The Morgan fingerprint density at radius 2 is 2.50 bits per heavy atom. The fourth-order valence-corrected chi connectivity index (χ4v) is 1.55. The molecule has 0 saturated heterocycles. The van der Waals surface area contributed by atoms with Gasteiger partial charge in [0, 0.05) is 19.5 Å². The number of hydrogen-bond acceptors (Lipinski definition) is 4. The summed E-state index contributed by atoms with van der Waals surface area (Å²) in [5.74, 6) is 0.594. The van der Waals surface area contributed by atoms with Crippen LogP contribution < -0.4 is 5.73 Å². The van der Waals surface area contributed by atoms with Crippen molar-refractivity contribution in [2.75, 3.05) is 0 Å². The predicted octanol–water partition coefficient (Wildman–Crippen LogP) is 0.125. The first-order valence-electron chi connectivity index (χ1n) is 4.82. The second-order valence-electron chi connectivity index (χ2n) is 3.87. The van der Waals surface area contributed by atoms with Crippen molar-refractivity contribution in [3.8, 4) is 0 Å². The first-order chi connectivity index (χ1) is 6.68. The van der Waals surface area contributed by atoms with Gasteiger partial charge in [-0.1, -0.05) is 5.21 Å². The zero-order valence-corrected chi connectivity index (χ0v) is 8.18. The zero-order valence-electron chi connectivity index (χ0n) is 8.18.